The molecule has 1 atom stereocenters. The summed E-state index contributed by atoms with van der Waals surface area (Å²) >= 11 is 0. The van der Waals surface area contributed by atoms with E-state index in [1.165, 1.54) is 12.3 Å². The summed E-state index contributed by atoms with van der Waals surface area (Å²) in [6, 6.07) is 9.60. The van der Waals surface area contributed by atoms with Gasteiger partial charge in [-0.2, -0.15) is 13.2 Å². The topological polar surface area (TPSA) is 36.4 Å². The lowest BCUT2D eigenvalue weighted by Crippen LogP contribution is -2.34. The van der Waals surface area contributed by atoms with Crippen LogP contribution in [0, 0.1) is 0 Å². The van der Waals surface area contributed by atoms with Gasteiger partial charge in [-0.3, -0.25) is 9.78 Å². The first-order chi connectivity index (χ1) is 12.3. The van der Waals surface area contributed by atoms with Crippen molar-refractivity contribution < 1.29 is 18.0 Å². The normalized spacial score (nSPS) is 17.8. The molecule has 1 saturated heterocycles. The van der Waals surface area contributed by atoms with Crippen molar-refractivity contribution in [2.24, 2.45) is 0 Å². The molecule has 0 spiro atoms. The first kappa shape index (κ1) is 18.4. The van der Waals surface area contributed by atoms with Crippen LogP contribution in [0.25, 0.3) is 11.1 Å². The molecular formula is C19H20F3N3O. The summed E-state index contributed by atoms with van der Waals surface area (Å²) in [5.74, 6) is -0.0592. The van der Waals surface area contributed by atoms with Gasteiger partial charge in [-0.1, -0.05) is 18.2 Å². The first-order valence-corrected chi connectivity index (χ1v) is 8.35. The minimum atomic E-state index is -4.46. The Balaban J connectivity index is 1.79. The summed E-state index contributed by atoms with van der Waals surface area (Å²) in [5, 5.41) is 0. The largest absolute Gasteiger partial charge is 0.433 e. The lowest BCUT2D eigenvalue weighted by molar-refractivity contribution is -0.141. The molecule has 26 heavy (non-hydrogen) atoms. The van der Waals surface area contributed by atoms with Gasteiger partial charge < -0.3 is 9.80 Å². The van der Waals surface area contributed by atoms with E-state index >= 15 is 0 Å². The fourth-order valence-corrected chi connectivity index (χ4v) is 3.09. The van der Waals surface area contributed by atoms with Crippen LogP contribution in [0.4, 0.5) is 13.2 Å². The minimum absolute atomic E-state index is 0.0592. The van der Waals surface area contributed by atoms with Crippen molar-refractivity contribution in [2.45, 2.75) is 18.6 Å². The van der Waals surface area contributed by atoms with E-state index in [4.69, 9.17) is 0 Å². The van der Waals surface area contributed by atoms with E-state index in [1.807, 2.05) is 19.0 Å². The van der Waals surface area contributed by atoms with Crippen LogP contribution in [0.15, 0.2) is 42.6 Å². The van der Waals surface area contributed by atoms with Gasteiger partial charge in [0.25, 0.3) is 5.91 Å². The molecule has 0 saturated carbocycles. The Kier molecular flexibility index (Phi) is 5.00. The van der Waals surface area contributed by atoms with Gasteiger partial charge in [0, 0.05) is 36.5 Å². The Morgan fingerprint density at radius 3 is 2.54 bits per heavy atom. The number of amides is 1. The molecule has 0 radical (unpaired) electrons. The molecule has 3 rings (SSSR count). The molecule has 2 heterocycles. The molecular weight excluding hydrogens is 343 g/mol. The van der Waals surface area contributed by atoms with E-state index in [2.05, 4.69) is 9.88 Å². The van der Waals surface area contributed by atoms with Gasteiger partial charge in [0.05, 0.1) is 0 Å². The average molecular weight is 363 g/mol. The lowest BCUT2D eigenvalue weighted by Gasteiger charge is -2.20. The number of pyridine rings is 1. The second-order valence-electron chi connectivity index (χ2n) is 6.67. The van der Waals surface area contributed by atoms with E-state index in [1.54, 1.807) is 24.3 Å². The van der Waals surface area contributed by atoms with Crippen molar-refractivity contribution >= 4 is 5.91 Å². The average Bonchev–Trinajstić information content (AvgIpc) is 3.11. The smallest absolute Gasteiger partial charge is 0.337 e. The SMILES string of the molecule is CN(C)C1CCN(C(=O)c2cccc(-c3ccc(C(F)(F)F)nc3)c2)C1. The highest BCUT2D eigenvalue weighted by atomic mass is 19.4. The monoisotopic (exact) mass is 363 g/mol. The zero-order chi connectivity index (χ0) is 18.9. The van der Waals surface area contributed by atoms with E-state index < -0.39 is 11.9 Å². The second kappa shape index (κ2) is 7.07. The summed E-state index contributed by atoms with van der Waals surface area (Å²) in [4.78, 5) is 20.1. The zero-order valence-electron chi connectivity index (χ0n) is 14.6. The van der Waals surface area contributed by atoms with Crippen LogP contribution in [0.2, 0.25) is 0 Å². The van der Waals surface area contributed by atoms with Crippen LogP contribution in [0.3, 0.4) is 0 Å². The van der Waals surface area contributed by atoms with Crippen LogP contribution in [-0.2, 0) is 6.18 Å². The maximum absolute atomic E-state index is 12.7. The highest BCUT2D eigenvalue weighted by Crippen LogP contribution is 2.29. The third-order valence-corrected chi connectivity index (χ3v) is 4.68. The number of hydrogen-bond donors (Lipinski definition) is 0. The van der Waals surface area contributed by atoms with E-state index in [0.29, 0.717) is 35.8 Å². The van der Waals surface area contributed by atoms with Gasteiger partial charge in [0.2, 0.25) is 0 Å². The van der Waals surface area contributed by atoms with Crippen molar-refractivity contribution in [3.05, 3.63) is 53.9 Å². The fraction of sp³-hybridized carbons (Fsp3) is 0.368. The fourth-order valence-electron chi connectivity index (χ4n) is 3.09. The number of aromatic nitrogens is 1. The third kappa shape index (κ3) is 3.88. The summed E-state index contributed by atoms with van der Waals surface area (Å²) in [5.41, 5.74) is 0.808. The van der Waals surface area contributed by atoms with Crippen LogP contribution in [0.1, 0.15) is 22.5 Å². The molecule has 1 amide bonds. The molecule has 0 N–H and O–H groups in total. The number of rotatable bonds is 3. The van der Waals surface area contributed by atoms with Crippen molar-refractivity contribution in [2.75, 3.05) is 27.2 Å². The van der Waals surface area contributed by atoms with Crippen molar-refractivity contribution in [3.63, 3.8) is 0 Å². The first-order valence-electron chi connectivity index (χ1n) is 8.35. The van der Waals surface area contributed by atoms with Gasteiger partial charge in [0.1, 0.15) is 5.69 Å². The number of hydrogen-bond acceptors (Lipinski definition) is 3. The quantitative estimate of drug-likeness (QED) is 0.837. The Morgan fingerprint density at radius 1 is 1.19 bits per heavy atom. The molecule has 7 heteroatoms. The zero-order valence-corrected chi connectivity index (χ0v) is 14.6. The van der Waals surface area contributed by atoms with Crippen LogP contribution in [-0.4, -0.2) is 53.9 Å². The van der Waals surface area contributed by atoms with Gasteiger partial charge in [-0.25, -0.2) is 0 Å². The van der Waals surface area contributed by atoms with Gasteiger partial charge in [-0.15, -0.1) is 0 Å². The predicted molar refractivity (Wildman–Crippen MR) is 92.7 cm³/mol. The van der Waals surface area contributed by atoms with Crippen LogP contribution < -0.4 is 0 Å². The van der Waals surface area contributed by atoms with Crippen molar-refractivity contribution in [3.8, 4) is 11.1 Å². The predicted octanol–water partition coefficient (Wildman–Crippen LogP) is 3.54. The number of likely N-dealkylation sites (tertiary alicyclic amines) is 1. The Labute approximate surface area is 150 Å². The molecule has 1 aliphatic heterocycles. The standard InChI is InChI=1S/C19H20F3N3O/c1-24(2)16-8-9-25(12-16)18(26)14-5-3-4-13(10-14)15-6-7-17(23-11-15)19(20,21)22/h3-7,10-11,16H,8-9,12H2,1-2H3. The van der Waals surface area contributed by atoms with Crippen LogP contribution >= 0.6 is 0 Å². The molecule has 0 aliphatic carbocycles. The van der Waals surface area contributed by atoms with Gasteiger partial charge >= 0.3 is 6.18 Å². The third-order valence-electron chi connectivity index (χ3n) is 4.68. The number of halogens is 3. The maximum Gasteiger partial charge on any atom is 0.433 e. The summed E-state index contributed by atoms with van der Waals surface area (Å²) in [6.07, 6.45) is -2.35. The van der Waals surface area contributed by atoms with Crippen LogP contribution in [0.5, 0.6) is 0 Å². The molecule has 1 unspecified atom stereocenters. The molecule has 1 aliphatic rings. The van der Waals surface area contributed by atoms with Gasteiger partial charge in [-0.05, 0) is 44.3 Å². The van der Waals surface area contributed by atoms with Gasteiger partial charge in [0.15, 0.2) is 0 Å². The summed E-state index contributed by atoms with van der Waals surface area (Å²) in [7, 11) is 3.99. The second-order valence-corrected chi connectivity index (χ2v) is 6.67. The number of nitrogens with zero attached hydrogens (tertiary/aromatic N) is 3. The molecule has 0 bridgehead atoms. The number of benzene rings is 1. The highest BCUT2D eigenvalue weighted by Gasteiger charge is 2.32. The molecule has 4 nitrogen and oxygen atoms in total. The Hall–Kier alpha value is -2.41. The summed E-state index contributed by atoms with van der Waals surface area (Å²) < 4.78 is 37.9. The molecule has 138 valence electrons. The number of carbonyl (C=O) groups excluding carboxylic acids is 1. The minimum Gasteiger partial charge on any atom is -0.337 e. The van der Waals surface area contributed by atoms with Crippen molar-refractivity contribution in [1.29, 1.82) is 0 Å². The maximum atomic E-state index is 12.7. The Bertz CT molecular complexity index is 787. The van der Waals surface area contributed by atoms with Crippen molar-refractivity contribution in [1.82, 2.24) is 14.8 Å². The van der Waals surface area contributed by atoms with E-state index in [9.17, 15) is 18.0 Å². The molecule has 2 aromatic rings. The number of alkyl halides is 3. The number of carbonyl (C=O) groups is 1. The Morgan fingerprint density at radius 2 is 1.96 bits per heavy atom. The number of likely N-dealkylation sites (N-methyl/N-ethyl adjacent to an activating group) is 1. The van der Waals surface area contributed by atoms with E-state index in [0.717, 1.165) is 12.5 Å². The lowest BCUT2D eigenvalue weighted by atomic mass is 10.0. The van der Waals surface area contributed by atoms with E-state index in [-0.39, 0.29) is 5.91 Å². The molecule has 1 aromatic carbocycles. The molecule has 1 aromatic heterocycles. The highest BCUT2D eigenvalue weighted by molar-refractivity contribution is 5.95. The molecule has 1 fully saturated rings. The summed E-state index contributed by atoms with van der Waals surface area (Å²) in [6.45, 7) is 1.38.